The molecule has 1 N–H and O–H groups in total. The lowest BCUT2D eigenvalue weighted by Crippen LogP contribution is -2.39. The van der Waals surface area contributed by atoms with Crippen LogP contribution in [0.5, 0.6) is 0 Å². The van der Waals surface area contributed by atoms with Gasteiger partial charge in [-0.25, -0.2) is 9.69 Å². The highest BCUT2D eigenvalue weighted by Crippen LogP contribution is 2.21. The van der Waals surface area contributed by atoms with Gasteiger partial charge in [0.2, 0.25) is 5.91 Å². The summed E-state index contributed by atoms with van der Waals surface area (Å²) < 4.78 is 0. The molecule has 19 heavy (non-hydrogen) atoms. The number of carbonyl (C=O) groups excluding carboxylic acids is 3. The lowest BCUT2D eigenvalue weighted by Gasteiger charge is -2.16. The van der Waals surface area contributed by atoms with Crippen molar-refractivity contribution in [2.45, 2.75) is 6.92 Å². The number of carbonyl (C=O) groups is 3. The molecule has 1 heterocycles. The zero-order chi connectivity index (χ0) is 14.0. The summed E-state index contributed by atoms with van der Waals surface area (Å²) in [6, 6.07) is 6.67. The second kappa shape index (κ2) is 5.09. The lowest BCUT2D eigenvalue weighted by atomic mass is 10.2. The number of rotatable bonds is 3. The average Bonchev–Trinajstić information content (AvgIpc) is 2.64. The van der Waals surface area contributed by atoms with Gasteiger partial charge in [0.05, 0.1) is 5.69 Å². The largest absolute Gasteiger partial charge is 0.358 e. The Morgan fingerprint density at radius 1 is 1.37 bits per heavy atom. The average molecular weight is 261 g/mol. The lowest BCUT2D eigenvalue weighted by molar-refractivity contribution is -0.121. The molecular weight excluding hydrogens is 246 g/mol. The fraction of sp³-hybridized carbons (Fsp3) is 0.308. The standard InChI is InChI=1S/C13H15N3O3/c1-9-4-3-5-10(6-9)16-12(18)8-15(13(16)19)7-11(17)14-2/h3-6H,7-8H2,1-2H3,(H,14,17). The van der Waals surface area contributed by atoms with Gasteiger partial charge in [0.15, 0.2) is 0 Å². The van der Waals surface area contributed by atoms with Gasteiger partial charge in [-0.3, -0.25) is 9.59 Å². The van der Waals surface area contributed by atoms with Crippen molar-refractivity contribution in [1.82, 2.24) is 10.2 Å². The smallest absolute Gasteiger partial charge is 0.332 e. The number of nitrogens with one attached hydrogen (secondary N) is 1. The minimum atomic E-state index is -0.459. The summed E-state index contributed by atoms with van der Waals surface area (Å²) in [7, 11) is 1.49. The predicted octanol–water partition coefficient (Wildman–Crippen LogP) is 0.510. The van der Waals surface area contributed by atoms with Crippen LogP contribution in [0.2, 0.25) is 0 Å². The number of nitrogens with zero attached hydrogens (tertiary/aromatic N) is 2. The van der Waals surface area contributed by atoms with Crippen LogP contribution in [0.4, 0.5) is 10.5 Å². The second-order valence-electron chi connectivity index (χ2n) is 4.38. The third-order valence-corrected chi connectivity index (χ3v) is 2.91. The summed E-state index contributed by atoms with van der Waals surface area (Å²) in [6.07, 6.45) is 0. The zero-order valence-corrected chi connectivity index (χ0v) is 10.8. The number of hydrogen-bond acceptors (Lipinski definition) is 3. The van der Waals surface area contributed by atoms with Crippen LogP contribution < -0.4 is 10.2 Å². The molecule has 6 nitrogen and oxygen atoms in total. The molecule has 0 spiro atoms. The van der Waals surface area contributed by atoms with Crippen molar-refractivity contribution in [3.63, 3.8) is 0 Å². The second-order valence-corrected chi connectivity index (χ2v) is 4.38. The molecule has 1 saturated heterocycles. The molecule has 0 saturated carbocycles. The third kappa shape index (κ3) is 2.57. The van der Waals surface area contributed by atoms with E-state index >= 15 is 0 Å². The Balaban J connectivity index is 2.21. The molecule has 1 aliphatic heterocycles. The molecule has 0 atom stereocenters. The number of urea groups is 1. The molecule has 0 aromatic heterocycles. The van der Waals surface area contributed by atoms with Gasteiger partial charge < -0.3 is 10.2 Å². The van der Waals surface area contributed by atoms with Crippen molar-refractivity contribution in [3.8, 4) is 0 Å². The molecule has 0 aliphatic carbocycles. The van der Waals surface area contributed by atoms with Gasteiger partial charge >= 0.3 is 6.03 Å². The van der Waals surface area contributed by atoms with Crippen LogP contribution >= 0.6 is 0 Å². The Hall–Kier alpha value is -2.37. The Morgan fingerprint density at radius 2 is 2.11 bits per heavy atom. The normalized spacial score (nSPS) is 15.1. The van der Waals surface area contributed by atoms with E-state index in [1.807, 2.05) is 13.0 Å². The molecule has 0 unspecified atom stereocenters. The number of amides is 4. The van der Waals surface area contributed by atoms with Crippen LogP contribution in [0.25, 0.3) is 0 Å². The number of anilines is 1. The fourth-order valence-electron chi connectivity index (χ4n) is 1.95. The SMILES string of the molecule is CNC(=O)CN1CC(=O)N(c2cccc(C)c2)C1=O. The minimum Gasteiger partial charge on any atom is -0.358 e. The van der Waals surface area contributed by atoms with Crippen LogP contribution in [0, 0.1) is 6.92 Å². The van der Waals surface area contributed by atoms with Crippen molar-refractivity contribution in [3.05, 3.63) is 29.8 Å². The third-order valence-electron chi connectivity index (χ3n) is 2.91. The number of benzene rings is 1. The molecule has 0 bridgehead atoms. The topological polar surface area (TPSA) is 69.7 Å². The summed E-state index contributed by atoms with van der Waals surface area (Å²) in [6.45, 7) is 1.71. The Labute approximate surface area is 111 Å². The van der Waals surface area contributed by atoms with Crippen LogP contribution in [-0.4, -0.2) is 42.9 Å². The number of imide groups is 1. The minimum absolute atomic E-state index is 0.0693. The first-order chi connectivity index (χ1) is 9.02. The summed E-state index contributed by atoms with van der Waals surface area (Å²) in [5, 5.41) is 2.43. The highest BCUT2D eigenvalue weighted by atomic mass is 16.2. The highest BCUT2D eigenvalue weighted by Gasteiger charge is 2.37. The maximum absolute atomic E-state index is 12.1. The van der Waals surface area contributed by atoms with E-state index in [0.29, 0.717) is 5.69 Å². The summed E-state index contributed by atoms with van der Waals surface area (Å²) >= 11 is 0. The van der Waals surface area contributed by atoms with Crippen molar-refractivity contribution in [1.29, 1.82) is 0 Å². The summed E-state index contributed by atoms with van der Waals surface area (Å²) in [4.78, 5) is 37.7. The van der Waals surface area contributed by atoms with Gasteiger partial charge in [-0.15, -0.1) is 0 Å². The van der Waals surface area contributed by atoms with Crippen LogP contribution in [-0.2, 0) is 9.59 Å². The first-order valence-electron chi connectivity index (χ1n) is 5.92. The van der Waals surface area contributed by atoms with Gasteiger partial charge in [-0.05, 0) is 24.6 Å². The highest BCUT2D eigenvalue weighted by molar-refractivity contribution is 6.20. The molecule has 0 radical (unpaired) electrons. The maximum Gasteiger partial charge on any atom is 0.332 e. The molecule has 1 aromatic carbocycles. The first kappa shape index (κ1) is 13.1. The monoisotopic (exact) mass is 261 g/mol. The fourth-order valence-corrected chi connectivity index (χ4v) is 1.95. The summed E-state index contributed by atoms with van der Waals surface area (Å²) in [5.41, 5.74) is 1.50. The predicted molar refractivity (Wildman–Crippen MR) is 69.7 cm³/mol. The van der Waals surface area contributed by atoms with E-state index in [9.17, 15) is 14.4 Å². The van der Waals surface area contributed by atoms with Gasteiger partial charge in [0.1, 0.15) is 13.1 Å². The summed E-state index contributed by atoms with van der Waals surface area (Å²) in [5.74, 6) is -0.619. The van der Waals surface area contributed by atoms with E-state index < -0.39 is 6.03 Å². The van der Waals surface area contributed by atoms with Crippen LogP contribution in [0.3, 0.4) is 0 Å². The molecule has 1 aliphatic rings. The van der Waals surface area contributed by atoms with E-state index in [0.717, 1.165) is 10.5 Å². The van der Waals surface area contributed by atoms with Crippen molar-refractivity contribution < 1.29 is 14.4 Å². The van der Waals surface area contributed by atoms with E-state index in [-0.39, 0.29) is 24.9 Å². The van der Waals surface area contributed by atoms with Crippen molar-refractivity contribution in [2.24, 2.45) is 0 Å². The number of hydrogen-bond donors (Lipinski definition) is 1. The Kier molecular flexibility index (Phi) is 3.50. The van der Waals surface area contributed by atoms with Crippen molar-refractivity contribution in [2.75, 3.05) is 25.0 Å². The Morgan fingerprint density at radius 3 is 2.74 bits per heavy atom. The first-order valence-corrected chi connectivity index (χ1v) is 5.92. The molecule has 100 valence electrons. The number of aryl methyl sites for hydroxylation is 1. The van der Waals surface area contributed by atoms with Gasteiger partial charge in [0.25, 0.3) is 5.91 Å². The van der Waals surface area contributed by atoms with E-state index in [4.69, 9.17) is 0 Å². The van der Waals surface area contributed by atoms with E-state index in [2.05, 4.69) is 5.32 Å². The van der Waals surface area contributed by atoms with E-state index in [1.54, 1.807) is 18.2 Å². The molecule has 1 fully saturated rings. The van der Waals surface area contributed by atoms with Crippen LogP contribution in [0.15, 0.2) is 24.3 Å². The molecule has 4 amide bonds. The zero-order valence-electron chi connectivity index (χ0n) is 10.8. The molecule has 1 aromatic rings. The van der Waals surface area contributed by atoms with Gasteiger partial charge in [-0.2, -0.15) is 0 Å². The molecule has 6 heteroatoms. The van der Waals surface area contributed by atoms with Gasteiger partial charge in [-0.1, -0.05) is 12.1 Å². The van der Waals surface area contributed by atoms with Crippen molar-refractivity contribution >= 4 is 23.5 Å². The molecular formula is C13H15N3O3. The maximum atomic E-state index is 12.1. The van der Waals surface area contributed by atoms with Crippen LogP contribution in [0.1, 0.15) is 5.56 Å². The molecule has 2 rings (SSSR count). The quantitative estimate of drug-likeness (QED) is 0.806. The Bertz CT molecular complexity index is 542. The van der Waals surface area contributed by atoms with Gasteiger partial charge in [0, 0.05) is 7.05 Å². The van der Waals surface area contributed by atoms with E-state index in [1.165, 1.54) is 11.9 Å². The number of likely N-dealkylation sites (N-methyl/N-ethyl adjacent to an activating group) is 1.